The van der Waals surface area contributed by atoms with Gasteiger partial charge in [0.05, 0.1) is 20.8 Å². The van der Waals surface area contributed by atoms with Crippen molar-refractivity contribution in [1.29, 1.82) is 0 Å². The molecule has 0 saturated carbocycles. The van der Waals surface area contributed by atoms with Gasteiger partial charge >= 0.3 is 0 Å². The van der Waals surface area contributed by atoms with Crippen molar-refractivity contribution in [2.24, 2.45) is 0 Å². The summed E-state index contributed by atoms with van der Waals surface area (Å²) in [6, 6.07) is 4.90. The highest BCUT2D eigenvalue weighted by atomic mass is 19.3. The van der Waals surface area contributed by atoms with Crippen LogP contribution in [0.2, 0.25) is 0 Å². The van der Waals surface area contributed by atoms with E-state index in [9.17, 15) is 8.78 Å². The maximum atomic E-state index is 12.4. The molecule has 0 aliphatic rings. The van der Waals surface area contributed by atoms with Crippen molar-refractivity contribution in [1.82, 2.24) is 0 Å². The van der Waals surface area contributed by atoms with Gasteiger partial charge in [0.15, 0.2) is 11.5 Å². The van der Waals surface area contributed by atoms with Crippen LogP contribution >= 0.6 is 0 Å². The molecule has 0 aliphatic carbocycles. The van der Waals surface area contributed by atoms with Crippen LogP contribution in [0.4, 0.5) is 8.78 Å². The zero-order valence-electron chi connectivity index (χ0n) is 9.67. The fourth-order valence-corrected chi connectivity index (χ4v) is 1.42. The molecule has 94 valence electrons. The average Bonchev–Trinajstić information content (AvgIpc) is 2.35. The summed E-state index contributed by atoms with van der Waals surface area (Å²) in [5.74, 6) is 1.01. The van der Waals surface area contributed by atoms with Gasteiger partial charge in [-0.05, 0) is 17.7 Å². The molecule has 0 heterocycles. The van der Waals surface area contributed by atoms with E-state index < -0.39 is 12.7 Å². The SMILES string of the molecule is COc1ccc(CC(CO)=C(F)F)cc1OC. The molecule has 1 rings (SSSR count). The van der Waals surface area contributed by atoms with Crippen LogP contribution in [0, 0.1) is 0 Å². The van der Waals surface area contributed by atoms with E-state index in [-0.39, 0.29) is 12.0 Å². The Balaban J connectivity index is 2.97. The van der Waals surface area contributed by atoms with Crippen LogP contribution in [0.15, 0.2) is 29.9 Å². The Kier molecular flexibility index (Phi) is 4.90. The van der Waals surface area contributed by atoms with E-state index in [4.69, 9.17) is 14.6 Å². The number of hydrogen-bond donors (Lipinski definition) is 1. The molecule has 0 unspecified atom stereocenters. The highest BCUT2D eigenvalue weighted by Crippen LogP contribution is 2.28. The third-order valence-corrected chi connectivity index (χ3v) is 2.32. The van der Waals surface area contributed by atoms with Gasteiger partial charge in [0.2, 0.25) is 0 Å². The molecule has 0 saturated heterocycles. The van der Waals surface area contributed by atoms with E-state index in [1.54, 1.807) is 18.2 Å². The summed E-state index contributed by atoms with van der Waals surface area (Å²) in [6.07, 6.45) is -1.86. The van der Waals surface area contributed by atoms with Crippen LogP contribution in [0.1, 0.15) is 5.56 Å². The molecule has 0 fully saturated rings. The van der Waals surface area contributed by atoms with E-state index in [1.807, 2.05) is 0 Å². The summed E-state index contributed by atoms with van der Waals surface area (Å²) in [5, 5.41) is 8.79. The Hall–Kier alpha value is -1.62. The quantitative estimate of drug-likeness (QED) is 0.864. The van der Waals surface area contributed by atoms with Crippen LogP contribution in [-0.2, 0) is 6.42 Å². The van der Waals surface area contributed by atoms with Crippen molar-refractivity contribution >= 4 is 0 Å². The Bertz CT molecular complexity index is 412. The lowest BCUT2D eigenvalue weighted by molar-refractivity contribution is 0.307. The highest BCUT2D eigenvalue weighted by molar-refractivity contribution is 5.43. The third kappa shape index (κ3) is 3.42. The number of rotatable bonds is 5. The molecule has 1 aromatic carbocycles. The van der Waals surface area contributed by atoms with Crippen molar-refractivity contribution < 1.29 is 23.4 Å². The number of methoxy groups -OCH3 is 2. The third-order valence-electron chi connectivity index (χ3n) is 2.32. The highest BCUT2D eigenvalue weighted by Gasteiger charge is 2.09. The molecule has 3 nitrogen and oxygen atoms in total. The van der Waals surface area contributed by atoms with Gasteiger partial charge in [0.25, 0.3) is 6.08 Å². The topological polar surface area (TPSA) is 38.7 Å². The lowest BCUT2D eigenvalue weighted by Crippen LogP contribution is -1.98. The molecule has 0 radical (unpaired) electrons. The molecular formula is C12H14F2O3. The molecule has 1 N–H and O–H groups in total. The van der Waals surface area contributed by atoms with Crippen LogP contribution in [-0.4, -0.2) is 25.9 Å². The minimum absolute atomic E-state index is 0.0147. The van der Waals surface area contributed by atoms with Crippen molar-refractivity contribution in [3.63, 3.8) is 0 Å². The summed E-state index contributed by atoms with van der Waals surface area (Å²) in [6.45, 7) is -0.656. The predicted octanol–water partition coefficient (Wildman–Crippen LogP) is 2.39. The molecule has 0 aromatic heterocycles. The molecule has 5 heteroatoms. The molecule has 1 aromatic rings. The minimum atomic E-state index is -1.85. The molecular weight excluding hydrogens is 230 g/mol. The van der Waals surface area contributed by atoms with Gasteiger partial charge in [0.1, 0.15) is 0 Å². The summed E-state index contributed by atoms with van der Waals surface area (Å²) in [7, 11) is 2.97. The van der Waals surface area contributed by atoms with E-state index in [2.05, 4.69) is 0 Å². The first-order valence-electron chi connectivity index (χ1n) is 4.97. The standard InChI is InChI=1S/C12H14F2O3/c1-16-10-4-3-8(6-11(10)17-2)5-9(7-15)12(13)14/h3-4,6,15H,5,7H2,1-2H3. The Labute approximate surface area is 98.3 Å². The normalized spacial score (nSPS) is 9.94. The predicted molar refractivity (Wildman–Crippen MR) is 59.6 cm³/mol. The van der Waals surface area contributed by atoms with Crippen LogP contribution in [0.25, 0.3) is 0 Å². The van der Waals surface area contributed by atoms with Gasteiger partial charge in [-0.2, -0.15) is 8.78 Å². The molecule has 0 amide bonds. The lowest BCUT2D eigenvalue weighted by Gasteiger charge is -2.10. The number of benzene rings is 1. The van der Waals surface area contributed by atoms with Gasteiger partial charge in [-0.25, -0.2) is 0 Å². The maximum absolute atomic E-state index is 12.4. The Morgan fingerprint density at radius 1 is 1.18 bits per heavy atom. The smallest absolute Gasteiger partial charge is 0.272 e. The van der Waals surface area contributed by atoms with Gasteiger partial charge in [0, 0.05) is 12.0 Å². The first kappa shape index (κ1) is 13.4. The van der Waals surface area contributed by atoms with E-state index in [0.29, 0.717) is 17.1 Å². The molecule has 0 atom stereocenters. The van der Waals surface area contributed by atoms with Gasteiger partial charge in [-0.3, -0.25) is 0 Å². The summed E-state index contributed by atoms with van der Waals surface area (Å²) in [4.78, 5) is 0. The fourth-order valence-electron chi connectivity index (χ4n) is 1.42. The summed E-state index contributed by atoms with van der Waals surface area (Å²) >= 11 is 0. The second-order valence-electron chi connectivity index (χ2n) is 3.39. The Morgan fingerprint density at radius 2 is 1.82 bits per heavy atom. The molecule has 0 aliphatic heterocycles. The first-order chi connectivity index (χ1) is 8.12. The largest absolute Gasteiger partial charge is 0.493 e. The minimum Gasteiger partial charge on any atom is -0.493 e. The second-order valence-corrected chi connectivity index (χ2v) is 3.39. The van der Waals surface area contributed by atoms with E-state index >= 15 is 0 Å². The maximum Gasteiger partial charge on any atom is 0.272 e. The van der Waals surface area contributed by atoms with Gasteiger partial charge in [-0.15, -0.1) is 0 Å². The first-order valence-corrected chi connectivity index (χ1v) is 4.97. The van der Waals surface area contributed by atoms with Crippen molar-refractivity contribution in [3.05, 3.63) is 35.4 Å². The van der Waals surface area contributed by atoms with Crippen LogP contribution in [0.5, 0.6) is 11.5 Å². The van der Waals surface area contributed by atoms with E-state index in [0.717, 1.165) is 0 Å². The van der Waals surface area contributed by atoms with Crippen LogP contribution < -0.4 is 9.47 Å². The zero-order chi connectivity index (χ0) is 12.8. The molecule has 17 heavy (non-hydrogen) atoms. The van der Waals surface area contributed by atoms with Gasteiger partial charge in [-0.1, -0.05) is 6.07 Å². The number of aliphatic hydroxyl groups excluding tert-OH is 1. The molecule has 0 spiro atoms. The van der Waals surface area contributed by atoms with Crippen molar-refractivity contribution in [3.8, 4) is 11.5 Å². The average molecular weight is 244 g/mol. The van der Waals surface area contributed by atoms with Crippen LogP contribution in [0.3, 0.4) is 0 Å². The number of ether oxygens (including phenoxy) is 2. The monoisotopic (exact) mass is 244 g/mol. The number of hydrogen-bond acceptors (Lipinski definition) is 3. The second kappa shape index (κ2) is 6.20. The lowest BCUT2D eigenvalue weighted by atomic mass is 10.1. The van der Waals surface area contributed by atoms with Crippen molar-refractivity contribution in [2.45, 2.75) is 6.42 Å². The van der Waals surface area contributed by atoms with Gasteiger partial charge < -0.3 is 14.6 Å². The number of halogens is 2. The fraction of sp³-hybridized carbons (Fsp3) is 0.333. The van der Waals surface area contributed by atoms with E-state index in [1.165, 1.54) is 14.2 Å². The Morgan fingerprint density at radius 3 is 2.29 bits per heavy atom. The summed E-state index contributed by atoms with van der Waals surface area (Å²) < 4.78 is 34.9. The molecule has 0 bridgehead atoms. The zero-order valence-corrected chi connectivity index (χ0v) is 9.67. The number of aliphatic hydroxyl groups is 1. The summed E-state index contributed by atoms with van der Waals surface area (Å²) in [5.41, 5.74) is 0.330. The van der Waals surface area contributed by atoms with Crippen molar-refractivity contribution in [2.75, 3.05) is 20.8 Å².